The largest absolute Gasteiger partial charge is 0.251 e. The van der Waals surface area contributed by atoms with Crippen LogP contribution in [0.3, 0.4) is 0 Å². The average molecular weight is 247 g/mol. The van der Waals surface area contributed by atoms with E-state index in [9.17, 15) is 4.39 Å². The fraction of sp³-hybridized carbons (Fsp3) is 0.333. The number of hydrogen-bond donors (Lipinski definition) is 1. The van der Waals surface area contributed by atoms with Crippen LogP contribution in [0, 0.1) is 5.82 Å². The lowest BCUT2D eigenvalue weighted by atomic mass is 10.2. The zero-order chi connectivity index (χ0) is 9.84. The number of benzene rings is 1. The molecule has 72 valence electrons. The minimum atomic E-state index is -0.228. The molecule has 0 aromatic heterocycles. The molecule has 1 aromatic rings. The van der Waals surface area contributed by atoms with Crippen LogP contribution >= 0.6 is 15.9 Å². The van der Waals surface area contributed by atoms with Crippen LogP contribution in [0.2, 0.25) is 0 Å². The Hall–Kier alpha value is -0.450. The third kappa shape index (κ3) is 3.42. The molecule has 2 nitrogen and oxygen atoms in total. The highest BCUT2D eigenvalue weighted by Crippen LogP contribution is 2.16. The van der Waals surface area contributed by atoms with E-state index in [1.165, 1.54) is 6.07 Å². The highest BCUT2D eigenvalue weighted by molar-refractivity contribution is 9.10. The molecule has 0 atom stereocenters. The van der Waals surface area contributed by atoms with Gasteiger partial charge < -0.3 is 0 Å². The van der Waals surface area contributed by atoms with Crippen molar-refractivity contribution in [3.05, 3.63) is 34.1 Å². The van der Waals surface area contributed by atoms with Crippen LogP contribution in [0.25, 0.3) is 0 Å². The van der Waals surface area contributed by atoms with Gasteiger partial charge in [0, 0.05) is 20.6 Å². The van der Waals surface area contributed by atoms with Gasteiger partial charge in [0.05, 0.1) is 4.47 Å². The topological polar surface area (TPSA) is 15.3 Å². The van der Waals surface area contributed by atoms with Crippen molar-refractivity contribution in [3.63, 3.8) is 0 Å². The lowest BCUT2D eigenvalue weighted by Crippen LogP contribution is -2.29. The first-order valence-electron chi connectivity index (χ1n) is 3.94. The van der Waals surface area contributed by atoms with Crippen LogP contribution in [0.4, 0.5) is 4.39 Å². The normalized spacial score (nSPS) is 10.8. The van der Waals surface area contributed by atoms with Crippen LogP contribution < -0.4 is 5.43 Å². The van der Waals surface area contributed by atoms with Crippen LogP contribution in [-0.2, 0) is 6.54 Å². The summed E-state index contributed by atoms with van der Waals surface area (Å²) in [6, 6.07) is 4.99. The average Bonchev–Trinajstić information content (AvgIpc) is 2.07. The van der Waals surface area contributed by atoms with Crippen molar-refractivity contribution in [2.24, 2.45) is 0 Å². The molecular formula is C9H12BrFN2. The minimum Gasteiger partial charge on any atom is -0.251 e. The molecule has 1 N–H and O–H groups in total. The Labute approximate surface area is 85.8 Å². The number of hydrazine groups is 1. The predicted octanol–water partition coefficient (Wildman–Crippen LogP) is 2.15. The lowest BCUT2D eigenvalue weighted by Gasteiger charge is -2.11. The van der Waals surface area contributed by atoms with E-state index >= 15 is 0 Å². The first kappa shape index (κ1) is 10.6. The van der Waals surface area contributed by atoms with Gasteiger partial charge in [-0.2, -0.15) is 0 Å². The number of halogens is 2. The summed E-state index contributed by atoms with van der Waals surface area (Å²) in [7, 11) is 3.83. The van der Waals surface area contributed by atoms with Crippen molar-refractivity contribution in [1.29, 1.82) is 0 Å². The Morgan fingerprint density at radius 3 is 2.69 bits per heavy atom. The van der Waals surface area contributed by atoms with Crippen molar-refractivity contribution in [2.75, 3.05) is 14.1 Å². The van der Waals surface area contributed by atoms with Gasteiger partial charge >= 0.3 is 0 Å². The minimum absolute atomic E-state index is 0.228. The molecule has 0 heterocycles. The SMILES string of the molecule is CN(C)NCc1ccc(F)c(Br)c1. The second-order valence-corrected chi connectivity index (χ2v) is 3.83. The highest BCUT2D eigenvalue weighted by Gasteiger charge is 1.99. The molecule has 0 spiro atoms. The molecule has 0 saturated heterocycles. The molecule has 0 aliphatic carbocycles. The second-order valence-electron chi connectivity index (χ2n) is 2.98. The molecule has 0 aliphatic heterocycles. The van der Waals surface area contributed by atoms with Gasteiger partial charge in [0.1, 0.15) is 5.82 Å². The van der Waals surface area contributed by atoms with Gasteiger partial charge in [0.25, 0.3) is 0 Å². The van der Waals surface area contributed by atoms with Gasteiger partial charge in [-0.05, 0) is 33.6 Å². The summed E-state index contributed by atoms with van der Waals surface area (Å²) in [5.41, 5.74) is 4.14. The third-order valence-corrected chi connectivity index (χ3v) is 2.19. The van der Waals surface area contributed by atoms with Gasteiger partial charge in [-0.1, -0.05) is 6.07 Å². The molecule has 4 heteroatoms. The van der Waals surface area contributed by atoms with Crippen molar-refractivity contribution in [3.8, 4) is 0 Å². The van der Waals surface area contributed by atoms with Crippen molar-refractivity contribution in [1.82, 2.24) is 10.4 Å². The van der Waals surface area contributed by atoms with Crippen LogP contribution in [-0.4, -0.2) is 19.1 Å². The van der Waals surface area contributed by atoms with E-state index in [2.05, 4.69) is 21.4 Å². The maximum absolute atomic E-state index is 12.8. The molecule has 0 bridgehead atoms. The predicted molar refractivity (Wildman–Crippen MR) is 54.6 cm³/mol. The number of nitrogens with one attached hydrogen (secondary N) is 1. The summed E-state index contributed by atoms with van der Waals surface area (Å²) < 4.78 is 13.3. The molecule has 1 rings (SSSR count). The van der Waals surface area contributed by atoms with Gasteiger partial charge in [-0.3, -0.25) is 10.4 Å². The fourth-order valence-electron chi connectivity index (χ4n) is 0.899. The fourth-order valence-corrected chi connectivity index (χ4v) is 1.33. The molecule has 0 amide bonds. The standard InChI is InChI=1S/C9H12BrFN2/c1-13(2)12-6-7-3-4-9(11)8(10)5-7/h3-5,12H,6H2,1-2H3. The van der Waals surface area contributed by atoms with Crippen molar-refractivity contribution < 1.29 is 4.39 Å². The van der Waals surface area contributed by atoms with Gasteiger partial charge in [0.15, 0.2) is 0 Å². The summed E-state index contributed by atoms with van der Waals surface area (Å²) in [6.07, 6.45) is 0. The van der Waals surface area contributed by atoms with E-state index in [1.807, 2.05) is 19.1 Å². The van der Waals surface area contributed by atoms with Crippen molar-refractivity contribution in [2.45, 2.75) is 6.54 Å². The smallest absolute Gasteiger partial charge is 0.137 e. The molecular weight excluding hydrogens is 235 g/mol. The monoisotopic (exact) mass is 246 g/mol. The number of hydrogen-bond acceptors (Lipinski definition) is 2. The van der Waals surface area contributed by atoms with E-state index in [-0.39, 0.29) is 5.82 Å². The summed E-state index contributed by atoms with van der Waals surface area (Å²) in [6.45, 7) is 0.700. The number of rotatable bonds is 3. The summed E-state index contributed by atoms with van der Waals surface area (Å²) in [4.78, 5) is 0. The van der Waals surface area contributed by atoms with E-state index < -0.39 is 0 Å². The third-order valence-electron chi connectivity index (χ3n) is 1.58. The summed E-state index contributed by atoms with van der Waals surface area (Å²) in [5.74, 6) is -0.228. The maximum Gasteiger partial charge on any atom is 0.137 e. The quantitative estimate of drug-likeness (QED) is 0.823. The molecule has 0 saturated carbocycles. The van der Waals surface area contributed by atoms with E-state index in [0.717, 1.165) is 5.56 Å². The molecule has 0 fully saturated rings. The molecule has 0 radical (unpaired) electrons. The van der Waals surface area contributed by atoms with E-state index in [1.54, 1.807) is 12.1 Å². The molecule has 13 heavy (non-hydrogen) atoms. The van der Waals surface area contributed by atoms with Gasteiger partial charge in [-0.15, -0.1) is 0 Å². The Bertz CT molecular complexity index is 289. The zero-order valence-corrected chi connectivity index (χ0v) is 9.23. The highest BCUT2D eigenvalue weighted by atomic mass is 79.9. The molecule has 1 aromatic carbocycles. The first-order chi connectivity index (χ1) is 6.09. The van der Waals surface area contributed by atoms with Crippen LogP contribution in [0.15, 0.2) is 22.7 Å². The van der Waals surface area contributed by atoms with E-state index in [4.69, 9.17) is 0 Å². The first-order valence-corrected chi connectivity index (χ1v) is 4.73. The zero-order valence-electron chi connectivity index (χ0n) is 7.64. The van der Waals surface area contributed by atoms with E-state index in [0.29, 0.717) is 11.0 Å². The van der Waals surface area contributed by atoms with Crippen LogP contribution in [0.5, 0.6) is 0 Å². The Morgan fingerprint density at radius 1 is 1.46 bits per heavy atom. The van der Waals surface area contributed by atoms with Crippen molar-refractivity contribution >= 4 is 15.9 Å². The Balaban J connectivity index is 2.63. The molecule has 0 aliphatic rings. The Kier molecular flexibility index (Phi) is 3.84. The maximum atomic E-state index is 12.8. The summed E-state index contributed by atoms with van der Waals surface area (Å²) in [5, 5.41) is 1.86. The summed E-state index contributed by atoms with van der Waals surface area (Å²) >= 11 is 3.14. The lowest BCUT2D eigenvalue weighted by molar-refractivity contribution is 0.286. The second kappa shape index (κ2) is 4.69. The number of nitrogens with zero attached hydrogens (tertiary/aromatic N) is 1. The Morgan fingerprint density at radius 2 is 2.15 bits per heavy atom. The van der Waals surface area contributed by atoms with Crippen LogP contribution in [0.1, 0.15) is 5.56 Å². The molecule has 0 unspecified atom stereocenters. The van der Waals surface area contributed by atoms with Gasteiger partial charge in [0.2, 0.25) is 0 Å². The van der Waals surface area contributed by atoms with Gasteiger partial charge in [-0.25, -0.2) is 4.39 Å².